The third-order valence-corrected chi connectivity index (χ3v) is 2.98. The summed E-state index contributed by atoms with van der Waals surface area (Å²) >= 11 is 15.8. The first-order valence-corrected chi connectivity index (χ1v) is 4.17. The standard InChI is InChI=1S/C4HBrCl2S/c5-3-1-2(6)4(7)8-3/h1H. The largest absolute Gasteiger partial charge is 0.115 e. The van der Waals surface area contributed by atoms with E-state index in [0.717, 1.165) is 3.79 Å². The molecular weight excluding hydrogens is 231 g/mol. The van der Waals surface area contributed by atoms with Gasteiger partial charge in [0.15, 0.2) is 0 Å². The zero-order valence-electron chi connectivity index (χ0n) is 3.62. The molecule has 1 aromatic heterocycles. The second-order valence-corrected chi connectivity index (χ2v) is 4.61. The van der Waals surface area contributed by atoms with E-state index in [1.165, 1.54) is 11.3 Å². The molecule has 0 radical (unpaired) electrons. The second kappa shape index (κ2) is 2.56. The summed E-state index contributed by atoms with van der Waals surface area (Å²) < 4.78 is 1.60. The highest BCUT2D eigenvalue weighted by Gasteiger charge is 1.99. The lowest BCUT2D eigenvalue weighted by Gasteiger charge is -1.73. The Labute approximate surface area is 69.5 Å². The first-order chi connectivity index (χ1) is 3.70. The van der Waals surface area contributed by atoms with Crippen molar-refractivity contribution in [3.63, 3.8) is 0 Å². The van der Waals surface area contributed by atoms with Gasteiger partial charge in [0.05, 0.1) is 8.81 Å². The lowest BCUT2D eigenvalue weighted by molar-refractivity contribution is 1.95. The van der Waals surface area contributed by atoms with Gasteiger partial charge in [0.2, 0.25) is 0 Å². The third kappa shape index (κ3) is 1.38. The molecule has 0 N–H and O–H groups in total. The molecule has 0 aliphatic heterocycles. The van der Waals surface area contributed by atoms with Crippen molar-refractivity contribution in [2.75, 3.05) is 0 Å². The Morgan fingerprint density at radius 2 is 2.12 bits per heavy atom. The molecular formula is C4HBrCl2S. The molecule has 0 spiro atoms. The zero-order valence-corrected chi connectivity index (χ0v) is 7.53. The molecule has 8 heavy (non-hydrogen) atoms. The van der Waals surface area contributed by atoms with E-state index in [-0.39, 0.29) is 0 Å². The van der Waals surface area contributed by atoms with Gasteiger partial charge >= 0.3 is 0 Å². The Bertz CT molecular complexity index is 176. The van der Waals surface area contributed by atoms with Gasteiger partial charge < -0.3 is 0 Å². The van der Waals surface area contributed by atoms with E-state index in [9.17, 15) is 0 Å². The molecule has 0 nitrogen and oxygen atoms in total. The van der Waals surface area contributed by atoms with E-state index in [2.05, 4.69) is 15.9 Å². The van der Waals surface area contributed by atoms with Crippen LogP contribution in [0.1, 0.15) is 0 Å². The third-order valence-electron chi connectivity index (χ3n) is 0.615. The molecule has 0 fully saturated rings. The van der Waals surface area contributed by atoms with Crippen LogP contribution in [0.2, 0.25) is 9.36 Å². The minimum atomic E-state index is 0.614. The molecule has 0 amide bonds. The van der Waals surface area contributed by atoms with E-state index < -0.39 is 0 Å². The van der Waals surface area contributed by atoms with Crippen LogP contribution >= 0.6 is 50.5 Å². The quantitative estimate of drug-likeness (QED) is 0.637. The number of rotatable bonds is 0. The molecule has 0 saturated heterocycles. The van der Waals surface area contributed by atoms with Crippen LogP contribution < -0.4 is 0 Å². The van der Waals surface area contributed by atoms with Crippen molar-refractivity contribution in [3.8, 4) is 0 Å². The van der Waals surface area contributed by atoms with E-state index in [4.69, 9.17) is 23.2 Å². The summed E-state index contributed by atoms with van der Waals surface area (Å²) in [6.07, 6.45) is 0. The maximum absolute atomic E-state index is 5.59. The number of thiophene rings is 1. The molecule has 0 unspecified atom stereocenters. The van der Waals surface area contributed by atoms with Crippen molar-refractivity contribution >= 4 is 50.5 Å². The summed E-state index contributed by atoms with van der Waals surface area (Å²) in [5, 5.41) is 0.614. The Balaban J connectivity index is 3.14. The highest BCUT2D eigenvalue weighted by Crippen LogP contribution is 2.34. The van der Waals surface area contributed by atoms with Gasteiger partial charge in [-0.25, -0.2) is 0 Å². The van der Waals surface area contributed by atoms with Crippen molar-refractivity contribution in [1.29, 1.82) is 0 Å². The van der Waals surface area contributed by atoms with Gasteiger partial charge in [-0.05, 0) is 22.0 Å². The maximum atomic E-state index is 5.59. The van der Waals surface area contributed by atoms with E-state index in [0.29, 0.717) is 9.36 Å². The molecule has 0 aliphatic rings. The first-order valence-electron chi connectivity index (χ1n) is 1.80. The number of halogens is 3. The molecule has 44 valence electrons. The fraction of sp³-hybridized carbons (Fsp3) is 0. The van der Waals surface area contributed by atoms with E-state index >= 15 is 0 Å². The van der Waals surface area contributed by atoms with Crippen LogP contribution in [0.25, 0.3) is 0 Å². The predicted octanol–water partition coefficient (Wildman–Crippen LogP) is 3.82. The normalized spacial score (nSPS) is 9.88. The maximum Gasteiger partial charge on any atom is 0.113 e. The van der Waals surface area contributed by atoms with Crippen molar-refractivity contribution in [2.45, 2.75) is 0 Å². The monoisotopic (exact) mass is 230 g/mol. The van der Waals surface area contributed by atoms with Crippen LogP contribution in [0.3, 0.4) is 0 Å². The summed E-state index contributed by atoms with van der Waals surface area (Å²) in [6, 6.07) is 1.77. The van der Waals surface area contributed by atoms with Gasteiger partial charge in [0.25, 0.3) is 0 Å². The fourth-order valence-electron chi connectivity index (χ4n) is 0.320. The molecule has 0 saturated carbocycles. The van der Waals surface area contributed by atoms with Crippen LogP contribution in [0, 0.1) is 0 Å². The molecule has 4 heteroatoms. The Morgan fingerprint density at radius 3 is 2.25 bits per heavy atom. The van der Waals surface area contributed by atoms with Gasteiger partial charge in [0, 0.05) is 0 Å². The SMILES string of the molecule is Clc1cc(Br)sc1Cl. The zero-order chi connectivity index (χ0) is 6.15. The molecule has 0 aliphatic carbocycles. The highest BCUT2D eigenvalue weighted by atomic mass is 79.9. The molecule has 1 aromatic rings. The summed E-state index contributed by atoms with van der Waals surface area (Å²) in [5.74, 6) is 0. The van der Waals surface area contributed by atoms with Crippen LogP contribution in [0.4, 0.5) is 0 Å². The van der Waals surface area contributed by atoms with E-state index in [1.807, 2.05) is 0 Å². The molecule has 0 atom stereocenters. The van der Waals surface area contributed by atoms with Crippen LogP contribution in [-0.2, 0) is 0 Å². The summed E-state index contributed by atoms with van der Waals surface area (Å²) in [7, 11) is 0. The summed E-state index contributed by atoms with van der Waals surface area (Å²) in [5.41, 5.74) is 0. The lowest BCUT2D eigenvalue weighted by Crippen LogP contribution is -1.44. The van der Waals surface area contributed by atoms with Crippen molar-refractivity contribution in [1.82, 2.24) is 0 Å². The number of hydrogen-bond donors (Lipinski definition) is 0. The topological polar surface area (TPSA) is 0 Å². The van der Waals surface area contributed by atoms with Gasteiger partial charge in [0.1, 0.15) is 4.34 Å². The highest BCUT2D eigenvalue weighted by molar-refractivity contribution is 9.11. The average Bonchev–Trinajstić information content (AvgIpc) is 1.85. The van der Waals surface area contributed by atoms with Gasteiger partial charge in [-0.3, -0.25) is 0 Å². The summed E-state index contributed by atoms with van der Waals surface area (Å²) in [4.78, 5) is 0. The Hall–Kier alpha value is 0.760. The van der Waals surface area contributed by atoms with Crippen molar-refractivity contribution < 1.29 is 0 Å². The molecule has 0 aromatic carbocycles. The van der Waals surface area contributed by atoms with Crippen LogP contribution in [0.15, 0.2) is 9.85 Å². The first kappa shape index (κ1) is 6.87. The minimum absolute atomic E-state index is 0.614. The van der Waals surface area contributed by atoms with Gasteiger partial charge in [-0.15, -0.1) is 11.3 Å². The molecule has 1 rings (SSSR count). The summed E-state index contributed by atoms with van der Waals surface area (Å²) in [6.45, 7) is 0. The van der Waals surface area contributed by atoms with Crippen molar-refractivity contribution in [2.24, 2.45) is 0 Å². The second-order valence-electron chi connectivity index (χ2n) is 1.17. The Morgan fingerprint density at radius 1 is 1.50 bits per heavy atom. The van der Waals surface area contributed by atoms with Crippen LogP contribution in [-0.4, -0.2) is 0 Å². The van der Waals surface area contributed by atoms with Crippen LogP contribution in [0.5, 0.6) is 0 Å². The molecule has 0 bridgehead atoms. The minimum Gasteiger partial charge on any atom is -0.115 e. The average molecular weight is 232 g/mol. The van der Waals surface area contributed by atoms with Gasteiger partial charge in [-0.1, -0.05) is 23.2 Å². The predicted molar refractivity (Wildman–Crippen MR) is 42.0 cm³/mol. The smallest absolute Gasteiger partial charge is 0.113 e. The molecule has 1 heterocycles. The van der Waals surface area contributed by atoms with Crippen molar-refractivity contribution in [3.05, 3.63) is 19.2 Å². The van der Waals surface area contributed by atoms with Gasteiger partial charge in [-0.2, -0.15) is 0 Å². The van der Waals surface area contributed by atoms with E-state index in [1.54, 1.807) is 6.07 Å². The lowest BCUT2D eigenvalue weighted by atomic mass is 10.7. The Kier molecular flexibility index (Phi) is 2.20. The fourth-order valence-corrected chi connectivity index (χ4v) is 2.54. The number of hydrogen-bond acceptors (Lipinski definition) is 1.